The van der Waals surface area contributed by atoms with Gasteiger partial charge in [-0.15, -0.1) is 22.7 Å². The van der Waals surface area contributed by atoms with Gasteiger partial charge in [-0.1, -0.05) is 109 Å². The summed E-state index contributed by atoms with van der Waals surface area (Å²) in [6, 6.07) is 35.2. The molecule has 4 aromatic carbocycles. The molecular formula is C53H59N7O4S2. The fourth-order valence-corrected chi connectivity index (χ4v) is 11.1. The number of nitrogens with one attached hydrogen (secondary N) is 1. The van der Waals surface area contributed by atoms with Crippen molar-refractivity contribution in [2.45, 2.75) is 69.0 Å². The first kappa shape index (κ1) is 46.7. The van der Waals surface area contributed by atoms with Crippen LogP contribution in [0, 0.1) is 0 Å². The third-order valence-electron chi connectivity index (χ3n) is 12.6. The number of hydrogen-bond donors (Lipinski definition) is 1. The number of benzene rings is 4. The van der Waals surface area contributed by atoms with E-state index in [1.807, 2.05) is 121 Å². The summed E-state index contributed by atoms with van der Waals surface area (Å²) >= 11 is 3.25. The van der Waals surface area contributed by atoms with Crippen molar-refractivity contribution in [2.75, 3.05) is 54.4 Å². The molecule has 0 bridgehead atoms. The SMILES string of the molecule is CN(C)CCC(=O)C[C@@H](C(=O)N1CCC[C@H]1c1ncc(-c2ccc(-c3ccc(-c4cnc([C@@H]5CCCN5C(=O)[C@H](NC(=O)CCN(C)C)c5ccccc5)s4)cc3)cc2)s1)c1ccccc1. The highest BCUT2D eigenvalue weighted by atomic mass is 32.1. The smallest absolute Gasteiger partial charge is 0.250 e. The number of carbonyl (C=O) groups is 4. The zero-order valence-corrected chi connectivity index (χ0v) is 39.9. The average Bonchev–Trinajstić information content (AvgIpc) is 4.19. The molecule has 4 atom stereocenters. The Morgan fingerprint density at radius 2 is 1.06 bits per heavy atom. The lowest BCUT2D eigenvalue weighted by molar-refractivity contribution is -0.137. The van der Waals surface area contributed by atoms with Gasteiger partial charge in [0.1, 0.15) is 21.8 Å². The summed E-state index contributed by atoms with van der Waals surface area (Å²) in [4.78, 5) is 74.2. The highest BCUT2D eigenvalue weighted by molar-refractivity contribution is 7.15. The van der Waals surface area contributed by atoms with Gasteiger partial charge < -0.3 is 24.9 Å². The van der Waals surface area contributed by atoms with Gasteiger partial charge in [0, 0.05) is 57.8 Å². The van der Waals surface area contributed by atoms with Crippen molar-refractivity contribution in [2.24, 2.45) is 0 Å². The van der Waals surface area contributed by atoms with Crippen LogP contribution >= 0.6 is 22.7 Å². The molecule has 0 radical (unpaired) electrons. The van der Waals surface area contributed by atoms with Crippen molar-refractivity contribution in [3.05, 3.63) is 143 Å². The molecule has 6 aromatic rings. The molecule has 2 fully saturated rings. The van der Waals surface area contributed by atoms with E-state index in [1.165, 1.54) is 0 Å². The van der Waals surface area contributed by atoms with Crippen LogP contribution in [0.5, 0.6) is 0 Å². The second kappa shape index (κ2) is 21.6. The molecule has 2 aliphatic heterocycles. The van der Waals surface area contributed by atoms with Gasteiger partial charge in [-0.2, -0.15) is 0 Å². The summed E-state index contributed by atoms with van der Waals surface area (Å²) in [5, 5.41) is 4.86. The number of amides is 3. The Balaban J connectivity index is 0.914. The van der Waals surface area contributed by atoms with E-state index in [2.05, 4.69) is 53.8 Å². The Bertz CT molecular complexity index is 2400. The van der Waals surface area contributed by atoms with E-state index in [0.29, 0.717) is 39.0 Å². The first-order chi connectivity index (χ1) is 32.0. The molecule has 0 aliphatic carbocycles. The van der Waals surface area contributed by atoms with Gasteiger partial charge in [0.2, 0.25) is 17.7 Å². The number of hydrogen-bond acceptors (Lipinski definition) is 10. The third-order valence-corrected chi connectivity index (χ3v) is 14.9. The molecule has 11 nitrogen and oxygen atoms in total. The lowest BCUT2D eigenvalue weighted by Gasteiger charge is -2.29. The molecule has 0 saturated carbocycles. The number of carbonyl (C=O) groups excluding carboxylic acids is 4. The summed E-state index contributed by atoms with van der Waals surface area (Å²) in [5.74, 6) is -0.664. The van der Waals surface area contributed by atoms with E-state index >= 15 is 0 Å². The van der Waals surface area contributed by atoms with E-state index in [0.717, 1.165) is 78.8 Å². The fourth-order valence-electron chi connectivity index (χ4n) is 8.95. The van der Waals surface area contributed by atoms with Gasteiger partial charge in [0.05, 0.1) is 27.8 Å². The summed E-state index contributed by atoms with van der Waals surface area (Å²) < 4.78 is 0. The first-order valence-corrected chi connectivity index (χ1v) is 24.6. The quantitative estimate of drug-likeness (QED) is 0.0907. The van der Waals surface area contributed by atoms with Gasteiger partial charge in [0.15, 0.2) is 0 Å². The molecule has 0 unspecified atom stereocenters. The molecule has 8 rings (SSSR count). The molecule has 3 amide bonds. The summed E-state index contributed by atoms with van der Waals surface area (Å²) in [6.07, 6.45) is 8.19. The van der Waals surface area contributed by atoms with E-state index in [1.54, 1.807) is 22.7 Å². The Kier molecular flexibility index (Phi) is 15.3. The second-order valence-corrected chi connectivity index (χ2v) is 20.0. The molecule has 66 heavy (non-hydrogen) atoms. The summed E-state index contributed by atoms with van der Waals surface area (Å²) in [7, 11) is 7.77. The normalized spacial score (nSPS) is 17.1. The Morgan fingerprint density at radius 3 is 1.56 bits per heavy atom. The number of likely N-dealkylation sites (tertiary alicyclic amines) is 2. The number of aromatic nitrogens is 2. The van der Waals surface area contributed by atoms with E-state index in [-0.39, 0.29) is 42.0 Å². The minimum Gasteiger partial charge on any atom is -0.340 e. The van der Waals surface area contributed by atoms with Gasteiger partial charge in [-0.25, -0.2) is 9.97 Å². The number of thiazole rings is 2. The van der Waals surface area contributed by atoms with Gasteiger partial charge in [0.25, 0.3) is 0 Å². The van der Waals surface area contributed by atoms with Crippen molar-refractivity contribution in [1.29, 1.82) is 0 Å². The van der Waals surface area contributed by atoms with Gasteiger partial charge >= 0.3 is 0 Å². The minimum absolute atomic E-state index is 0.00362. The van der Waals surface area contributed by atoms with E-state index in [9.17, 15) is 19.2 Å². The Hall–Kier alpha value is -5.86. The van der Waals surface area contributed by atoms with Gasteiger partial charge in [-0.05, 0) is 87.3 Å². The van der Waals surface area contributed by atoms with Crippen LogP contribution in [0.2, 0.25) is 0 Å². The van der Waals surface area contributed by atoms with Crippen LogP contribution < -0.4 is 5.32 Å². The third kappa shape index (κ3) is 11.2. The van der Waals surface area contributed by atoms with Crippen molar-refractivity contribution < 1.29 is 19.2 Å². The zero-order chi connectivity index (χ0) is 46.2. The average molecular weight is 922 g/mol. The minimum atomic E-state index is -0.761. The highest BCUT2D eigenvalue weighted by Crippen LogP contribution is 2.41. The van der Waals surface area contributed by atoms with Gasteiger partial charge in [-0.3, -0.25) is 19.2 Å². The lowest BCUT2D eigenvalue weighted by Crippen LogP contribution is -2.43. The van der Waals surface area contributed by atoms with E-state index in [4.69, 9.17) is 9.97 Å². The topological polar surface area (TPSA) is 119 Å². The molecule has 1 N–H and O–H groups in total. The second-order valence-electron chi connectivity index (χ2n) is 17.9. The molecule has 4 heterocycles. The van der Waals surface area contributed by atoms with Crippen LogP contribution in [0.15, 0.2) is 122 Å². The lowest BCUT2D eigenvalue weighted by atomic mass is 9.91. The number of rotatable bonds is 18. The van der Waals surface area contributed by atoms with Crippen molar-refractivity contribution in [3.63, 3.8) is 0 Å². The van der Waals surface area contributed by atoms with Crippen molar-refractivity contribution >= 4 is 46.2 Å². The van der Waals surface area contributed by atoms with Crippen LogP contribution in [0.4, 0.5) is 0 Å². The van der Waals surface area contributed by atoms with E-state index < -0.39 is 12.0 Å². The van der Waals surface area contributed by atoms with Crippen molar-refractivity contribution in [3.8, 4) is 32.0 Å². The number of nitrogens with zero attached hydrogens (tertiary/aromatic N) is 6. The van der Waals surface area contributed by atoms with Crippen molar-refractivity contribution in [1.82, 2.24) is 34.9 Å². The van der Waals surface area contributed by atoms with Crippen LogP contribution in [0.3, 0.4) is 0 Å². The standard InChI is InChI=1S/C53H59N7O4S2/c1-57(2)31-27-42(61)33-43(38-13-7-5-8-14-38)52(63)59-29-11-17-44(59)50-54-34-46(65-50)39-23-19-36(20-24-39)37-21-25-40(26-22-37)47-35-55-51(66-47)45-18-12-30-60(45)53(64)49(41-15-9-6-10-16-41)56-48(62)28-32-58(3)4/h5-10,13-16,19-26,34-35,43-45,49H,11-12,17-18,27-33H2,1-4H3,(H,56,62)/t43-,44+,45+,49-/m1/s1. The maximum absolute atomic E-state index is 14.3. The van der Waals surface area contributed by atoms with Crippen LogP contribution in [-0.2, 0) is 19.2 Å². The first-order valence-electron chi connectivity index (χ1n) is 23.0. The number of ketones is 1. The Labute approximate surface area is 396 Å². The predicted octanol–water partition coefficient (Wildman–Crippen LogP) is 9.43. The maximum atomic E-state index is 14.3. The maximum Gasteiger partial charge on any atom is 0.250 e. The molecular weight excluding hydrogens is 863 g/mol. The summed E-state index contributed by atoms with van der Waals surface area (Å²) in [5.41, 5.74) is 5.99. The molecule has 342 valence electrons. The van der Waals surface area contributed by atoms with Crippen LogP contribution in [0.25, 0.3) is 32.0 Å². The predicted molar refractivity (Wildman–Crippen MR) is 264 cm³/mol. The summed E-state index contributed by atoms with van der Waals surface area (Å²) in [6.45, 7) is 2.53. The molecule has 0 spiro atoms. The molecule has 2 aromatic heterocycles. The molecule has 2 aliphatic rings. The van der Waals surface area contributed by atoms with Crippen LogP contribution in [0.1, 0.15) is 90.1 Å². The zero-order valence-electron chi connectivity index (χ0n) is 38.3. The van der Waals surface area contributed by atoms with Crippen LogP contribution in [-0.4, -0.2) is 107 Å². The highest BCUT2D eigenvalue weighted by Gasteiger charge is 2.38. The largest absolute Gasteiger partial charge is 0.340 e. The monoisotopic (exact) mass is 921 g/mol. The molecule has 13 heteroatoms. The number of Topliss-reactive ketones (excluding diaryl/α,β-unsaturated/α-hetero) is 1. The fraction of sp³-hybridized carbons (Fsp3) is 0.358. The molecule has 2 saturated heterocycles. The Morgan fingerprint density at radius 1 is 0.606 bits per heavy atom.